The fraction of sp³-hybridized carbons (Fsp3) is 0.292. The Balaban J connectivity index is 1.31. The number of nitrogens with one attached hydrogen (secondary N) is 1. The standard InChI is InChI=1S/C24H17Cl2F3N2O5/c25-13-4-5-16(15(26)9-13)35-10-18(32)31-21(33)19-17-6-7-23(36-17,20(19)22(31)34)11-30-14-3-1-2-12(8-14)24(27,28)29/h1-9,17,19-20,30H,10-11H2. The SMILES string of the molecule is O=C(COc1ccc(Cl)cc1Cl)N1C(=O)C2C3C=CC(CNc4cccc(C(F)(F)F)c4)(O3)C2C1=O. The number of nitrogens with zero attached hydrogens (tertiary/aromatic N) is 1. The summed E-state index contributed by atoms with van der Waals surface area (Å²) in [4.78, 5) is 39.7. The molecule has 188 valence electrons. The van der Waals surface area contributed by atoms with Crippen molar-refractivity contribution in [3.05, 3.63) is 70.2 Å². The minimum absolute atomic E-state index is 0.0829. The monoisotopic (exact) mass is 540 g/mol. The number of benzene rings is 2. The van der Waals surface area contributed by atoms with Crippen molar-refractivity contribution in [3.8, 4) is 5.75 Å². The second-order valence-electron chi connectivity index (χ2n) is 8.60. The minimum Gasteiger partial charge on any atom is -0.482 e. The summed E-state index contributed by atoms with van der Waals surface area (Å²) >= 11 is 11.9. The molecule has 3 aliphatic rings. The molecule has 2 bridgehead atoms. The number of hydrogen-bond donors (Lipinski definition) is 1. The van der Waals surface area contributed by atoms with Gasteiger partial charge in [-0.1, -0.05) is 41.4 Å². The summed E-state index contributed by atoms with van der Waals surface area (Å²) in [6, 6.07) is 8.96. The van der Waals surface area contributed by atoms with Crippen molar-refractivity contribution in [1.82, 2.24) is 4.90 Å². The molecule has 4 atom stereocenters. The first-order chi connectivity index (χ1) is 17.0. The van der Waals surface area contributed by atoms with Crippen LogP contribution in [-0.2, 0) is 25.3 Å². The van der Waals surface area contributed by atoms with Gasteiger partial charge in [0.2, 0.25) is 11.8 Å². The van der Waals surface area contributed by atoms with Crippen LogP contribution in [-0.4, -0.2) is 47.5 Å². The van der Waals surface area contributed by atoms with Crippen LogP contribution in [0.4, 0.5) is 18.9 Å². The van der Waals surface area contributed by atoms with Gasteiger partial charge in [-0.3, -0.25) is 14.4 Å². The number of amides is 3. The van der Waals surface area contributed by atoms with E-state index >= 15 is 0 Å². The van der Waals surface area contributed by atoms with Crippen molar-refractivity contribution in [1.29, 1.82) is 0 Å². The van der Waals surface area contributed by atoms with Crippen LogP contribution in [0, 0.1) is 11.8 Å². The zero-order valence-electron chi connectivity index (χ0n) is 18.2. The Morgan fingerprint density at radius 3 is 2.64 bits per heavy atom. The van der Waals surface area contributed by atoms with E-state index < -0.39 is 59.6 Å². The van der Waals surface area contributed by atoms with E-state index in [4.69, 9.17) is 32.7 Å². The first-order valence-corrected chi connectivity index (χ1v) is 11.5. The van der Waals surface area contributed by atoms with Crippen LogP contribution >= 0.6 is 23.2 Å². The normalized spacial score (nSPS) is 26.5. The van der Waals surface area contributed by atoms with Crippen LogP contribution in [0.5, 0.6) is 5.75 Å². The Kier molecular flexibility index (Phi) is 6.01. The van der Waals surface area contributed by atoms with Gasteiger partial charge in [0, 0.05) is 17.3 Å². The number of carbonyl (C=O) groups excluding carboxylic acids is 3. The fourth-order valence-corrected chi connectivity index (χ4v) is 5.26. The van der Waals surface area contributed by atoms with Gasteiger partial charge in [0.25, 0.3) is 5.91 Å². The number of fused-ring (bicyclic) bond motifs is 5. The first kappa shape index (κ1) is 24.6. The molecule has 2 aromatic carbocycles. The van der Waals surface area contributed by atoms with Gasteiger partial charge in [0.05, 0.1) is 28.5 Å². The molecule has 7 nitrogen and oxygen atoms in total. The number of hydrogen-bond acceptors (Lipinski definition) is 6. The van der Waals surface area contributed by atoms with Crippen LogP contribution in [0.1, 0.15) is 5.56 Å². The Labute approximate surface area is 212 Å². The summed E-state index contributed by atoms with van der Waals surface area (Å²) in [6.45, 7) is -0.701. The molecule has 2 aromatic rings. The predicted molar refractivity (Wildman–Crippen MR) is 122 cm³/mol. The van der Waals surface area contributed by atoms with E-state index in [0.29, 0.717) is 9.92 Å². The van der Waals surface area contributed by atoms with Crippen molar-refractivity contribution in [3.63, 3.8) is 0 Å². The molecule has 2 fully saturated rings. The largest absolute Gasteiger partial charge is 0.482 e. The van der Waals surface area contributed by atoms with Crippen LogP contribution in [0.3, 0.4) is 0 Å². The van der Waals surface area contributed by atoms with Gasteiger partial charge in [-0.25, -0.2) is 4.90 Å². The van der Waals surface area contributed by atoms with Crippen LogP contribution in [0.2, 0.25) is 10.0 Å². The Morgan fingerprint density at radius 1 is 1.14 bits per heavy atom. The van der Waals surface area contributed by atoms with E-state index in [2.05, 4.69) is 5.32 Å². The lowest BCUT2D eigenvalue weighted by Crippen LogP contribution is -2.47. The maximum absolute atomic E-state index is 13.2. The van der Waals surface area contributed by atoms with Crippen molar-refractivity contribution in [2.24, 2.45) is 11.8 Å². The molecule has 3 amide bonds. The fourth-order valence-electron chi connectivity index (χ4n) is 4.79. The summed E-state index contributed by atoms with van der Waals surface area (Å²) in [5.41, 5.74) is -1.97. The van der Waals surface area contributed by atoms with Gasteiger partial charge in [-0.2, -0.15) is 13.2 Å². The number of rotatable bonds is 6. The van der Waals surface area contributed by atoms with Crippen LogP contribution in [0.25, 0.3) is 0 Å². The summed E-state index contributed by atoms with van der Waals surface area (Å²) in [6.07, 6.45) is -2.02. The highest BCUT2D eigenvalue weighted by Crippen LogP contribution is 2.52. The van der Waals surface area contributed by atoms with Crippen molar-refractivity contribution >= 4 is 46.6 Å². The van der Waals surface area contributed by atoms with E-state index in [1.165, 1.54) is 30.3 Å². The van der Waals surface area contributed by atoms with Gasteiger partial charge in [-0.05, 0) is 36.4 Å². The Morgan fingerprint density at radius 2 is 1.92 bits per heavy atom. The lowest BCUT2D eigenvalue weighted by Gasteiger charge is -2.29. The second-order valence-corrected chi connectivity index (χ2v) is 9.44. The van der Waals surface area contributed by atoms with E-state index in [0.717, 1.165) is 12.1 Å². The van der Waals surface area contributed by atoms with E-state index in [1.54, 1.807) is 12.2 Å². The topological polar surface area (TPSA) is 84.9 Å². The van der Waals surface area contributed by atoms with E-state index in [1.807, 2.05) is 0 Å². The van der Waals surface area contributed by atoms with E-state index in [-0.39, 0.29) is 23.0 Å². The maximum atomic E-state index is 13.2. The zero-order valence-corrected chi connectivity index (χ0v) is 19.7. The molecule has 4 unspecified atom stereocenters. The molecule has 0 radical (unpaired) electrons. The average molecular weight is 541 g/mol. The number of anilines is 1. The smallest absolute Gasteiger partial charge is 0.416 e. The molecular formula is C24H17Cl2F3N2O5. The van der Waals surface area contributed by atoms with Gasteiger partial charge < -0.3 is 14.8 Å². The van der Waals surface area contributed by atoms with Gasteiger partial charge in [0.1, 0.15) is 11.4 Å². The second kappa shape index (κ2) is 8.79. The Hall–Kier alpha value is -3.08. The lowest BCUT2D eigenvalue weighted by molar-refractivity contribution is -0.154. The molecule has 2 saturated heterocycles. The van der Waals surface area contributed by atoms with E-state index in [9.17, 15) is 27.6 Å². The highest BCUT2D eigenvalue weighted by molar-refractivity contribution is 6.35. The molecule has 3 aliphatic heterocycles. The molecule has 5 rings (SSSR count). The third-order valence-electron chi connectivity index (χ3n) is 6.41. The molecule has 0 aromatic heterocycles. The maximum Gasteiger partial charge on any atom is 0.416 e. The zero-order chi connectivity index (χ0) is 25.8. The van der Waals surface area contributed by atoms with Crippen molar-refractivity contribution in [2.75, 3.05) is 18.5 Å². The highest BCUT2D eigenvalue weighted by Gasteiger charge is 2.68. The molecule has 36 heavy (non-hydrogen) atoms. The number of imide groups is 3. The predicted octanol–water partition coefficient (Wildman–Crippen LogP) is 4.34. The highest BCUT2D eigenvalue weighted by atomic mass is 35.5. The Bertz CT molecular complexity index is 1300. The summed E-state index contributed by atoms with van der Waals surface area (Å²) < 4.78 is 50.5. The van der Waals surface area contributed by atoms with Gasteiger partial charge >= 0.3 is 6.18 Å². The summed E-state index contributed by atoms with van der Waals surface area (Å²) in [5.74, 6) is -4.11. The summed E-state index contributed by atoms with van der Waals surface area (Å²) in [5, 5.41) is 3.39. The summed E-state index contributed by atoms with van der Waals surface area (Å²) in [7, 11) is 0. The third-order valence-corrected chi connectivity index (χ3v) is 6.94. The van der Waals surface area contributed by atoms with Crippen molar-refractivity contribution in [2.45, 2.75) is 17.9 Å². The number of alkyl halides is 3. The molecular weight excluding hydrogens is 524 g/mol. The number of carbonyl (C=O) groups is 3. The van der Waals surface area contributed by atoms with Gasteiger partial charge in [-0.15, -0.1) is 0 Å². The molecule has 0 spiro atoms. The first-order valence-electron chi connectivity index (χ1n) is 10.8. The molecule has 12 heteroatoms. The minimum atomic E-state index is -4.52. The number of halogens is 5. The number of likely N-dealkylation sites (tertiary alicyclic amines) is 1. The van der Waals surface area contributed by atoms with Crippen LogP contribution < -0.4 is 10.1 Å². The van der Waals surface area contributed by atoms with Crippen molar-refractivity contribution < 1.29 is 37.0 Å². The molecule has 1 N–H and O–H groups in total. The number of ether oxygens (including phenoxy) is 2. The van der Waals surface area contributed by atoms with Crippen LogP contribution in [0.15, 0.2) is 54.6 Å². The lowest BCUT2D eigenvalue weighted by atomic mass is 9.77. The average Bonchev–Trinajstić information content (AvgIpc) is 3.47. The van der Waals surface area contributed by atoms with Gasteiger partial charge in [0.15, 0.2) is 6.61 Å². The molecule has 0 aliphatic carbocycles. The molecule has 0 saturated carbocycles. The molecule has 3 heterocycles. The quantitative estimate of drug-likeness (QED) is 0.433. The third kappa shape index (κ3) is 4.12.